The number of benzene rings is 2. The van der Waals surface area contributed by atoms with Crippen molar-refractivity contribution >= 4 is 38.9 Å². The number of sulfonamides is 1. The molecule has 8 heteroatoms. The molecule has 24 heavy (non-hydrogen) atoms. The van der Waals surface area contributed by atoms with Gasteiger partial charge in [-0.2, -0.15) is 4.72 Å². The number of nitrogens with one attached hydrogen (secondary N) is 3. The summed E-state index contributed by atoms with van der Waals surface area (Å²) >= 11 is 5.84. The van der Waals surface area contributed by atoms with Crippen LogP contribution in [0.2, 0.25) is 5.02 Å². The van der Waals surface area contributed by atoms with E-state index in [1.807, 2.05) is 32.0 Å². The Morgan fingerprint density at radius 2 is 1.92 bits per heavy atom. The molecule has 0 aliphatic carbocycles. The second-order valence-electron chi connectivity index (χ2n) is 5.65. The molecule has 2 aromatic rings. The number of amides is 1. The molecule has 1 unspecified atom stereocenters. The van der Waals surface area contributed by atoms with Gasteiger partial charge in [-0.05, 0) is 49.2 Å². The maximum Gasteiger partial charge on any atom is 0.262 e. The number of hydrogen-bond acceptors (Lipinski definition) is 4. The summed E-state index contributed by atoms with van der Waals surface area (Å²) < 4.78 is 27.0. The van der Waals surface area contributed by atoms with Gasteiger partial charge in [-0.15, -0.1) is 0 Å². The average Bonchev–Trinajstić information content (AvgIpc) is 2.51. The van der Waals surface area contributed by atoms with Crippen LogP contribution >= 0.6 is 11.6 Å². The van der Waals surface area contributed by atoms with Crippen molar-refractivity contribution in [2.24, 2.45) is 0 Å². The maximum absolute atomic E-state index is 12.5. The third-order valence-corrected chi connectivity index (χ3v) is 5.42. The SMILES string of the molecule is Cc1ccc(C)c(NC(=O)C2Nc3ccc(Cl)cc3S(=O)(=O)N2)c1. The molecule has 3 N–H and O–H groups in total. The summed E-state index contributed by atoms with van der Waals surface area (Å²) in [7, 11) is -3.83. The molecule has 0 saturated carbocycles. The standard InChI is InChI=1S/C16H16ClN3O3S/c1-9-3-4-10(2)13(7-9)19-16(21)15-18-12-6-5-11(17)8-14(12)24(22,23)20-15/h3-8,15,18,20H,1-2H3,(H,19,21). The topological polar surface area (TPSA) is 87.3 Å². The quantitative estimate of drug-likeness (QED) is 0.763. The van der Waals surface area contributed by atoms with Crippen LogP contribution in [0.5, 0.6) is 0 Å². The van der Waals surface area contributed by atoms with Crippen molar-refractivity contribution in [3.63, 3.8) is 0 Å². The summed E-state index contributed by atoms with van der Waals surface area (Å²) in [5, 5.41) is 5.92. The summed E-state index contributed by atoms with van der Waals surface area (Å²) in [5.74, 6) is -0.493. The summed E-state index contributed by atoms with van der Waals surface area (Å²) in [4.78, 5) is 12.5. The van der Waals surface area contributed by atoms with Crippen molar-refractivity contribution in [2.45, 2.75) is 24.9 Å². The number of carbonyl (C=O) groups is 1. The lowest BCUT2D eigenvalue weighted by Crippen LogP contribution is -2.51. The molecule has 0 spiro atoms. The van der Waals surface area contributed by atoms with Gasteiger partial charge >= 0.3 is 0 Å². The molecule has 0 aromatic heterocycles. The Hall–Kier alpha value is -2.09. The molecule has 0 bridgehead atoms. The Balaban J connectivity index is 1.87. The fraction of sp³-hybridized carbons (Fsp3) is 0.188. The van der Waals surface area contributed by atoms with E-state index >= 15 is 0 Å². The largest absolute Gasteiger partial charge is 0.360 e. The number of fused-ring (bicyclic) bond motifs is 1. The normalized spacial score (nSPS) is 18.4. The third kappa shape index (κ3) is 3.24. The number of rotatable bonds is 2. The van der Waals surface area contributed by atoms with E-state index in [0.717, 1.165) is 11.1 Å². The van der Waals surface area contributed by atoms with Crippen LogP contribution in [0.1, 0.15) is 11.1 Å². The van der Waals surface area contributed by atoms with Crippen molar-refractivity contribution in [1.29, 1.82) is 0 Å². The molecule has 3 rings (SSSR count). The number of aryl methyl sites for hydroxylation is 2. The van der Waals surface area contributed by atoms with E-state index in [1.165, 1.54) is 12.1 Å². The maximum atomic E-state index is 12.5. The molecular formula is C16H16ClN3O3S. The highest BCUT2D eigenvalue weighted by Crippen LogP contribution is 2.29. The Morgan fingerprint density at radius 1 is 1.17 bits per heavy atom. The van der Waals surface area contributed by atoms with Crippen LogP contribution in [0.15, 0.2) is 41.3 Å². The minimum atomic E-state index is -3.83. The van der Waals surface area contributed by atoms with Crippen LogP contribution in [0.3, 0.4) is 0 Å². The first kappa shape index (κ1) is 16.8. The van der Waals surface area contributed by atoms with Crippen LogP contribution in [-0.4, -0.2) is 20.5 Å². The highest BCUT2D eigenvalue weighted by Gasteiger charge is 2.33. The lowest BCUT2D eigenvalue weighted by atomic mass is 10.1. The molecular weight excluding hydrogens is 350 g/mol. The van der Waals surface area contributed by atoms with E-state index in [9.17, 15) is 13.2 Å². The Kier molecular flexibility index (Phi) is 4.25. The highest BCUT2D eigenvalue weighted by atomic mass is 35.5. The van der Waals surface area contributed by atoms with E-state index in [1.54, 1.807) is 6.07 Å². The highest BCUT2D eigenvalue weighted by molar-refractivity contribution is 7.89. The van der Waals surface area contributed by atoms with E-state index in [-0.39, 0.29) is 4.90 Å². The van der Waals surface area contributed by atoms with Gasteiger partial charge in [0.15, 0.2) is 6.17 Å². The molecule has 1 aliphatic rings. The fourth-order valence-electron chi connectivity index (χ4n) is 2.44. The number of anilines is 2. The Labute approximate surface area is 145 Å². The second-order valence-corrected chi connectivity index (χ2v) is 7.77. The smallest absolute Gasteiger partial charge is 0.262 e. The molecule has 6 nitrogen and oxygen atoms in total. The summed E-state index contributed by atoms with van der Waals surface area (Å²) in [6.45, 7) is 3.78. The van der Waals surface area contributed by atoms with Crippen molar-refractivity contribution in [2.75, 3.05) is 10.6 Å². The first-order valence-corrected chi connectivity index (χ1v) is 9.09. The Morgan fingerprint density at radius 3 is 2.67 bits per heavy atom. The molecule has 1 heterocycles. The van der Waals surface area contributed by atoms with Crippen LogP contribution < -0.4 is 15.4 Å². The third-order valence-electron chi connectivity index (χ3n) is 3.72. The zero-order valence-electron chi connectivity index (χ0n) is 13.1. The lowest BCUT2D eigenvalue weighted by molar-refractivity contribution is -0.117. The second kappa shape index (κ2) is 6.08. The molecule has 1 aliphatic heterocycles. The number of hydrogen-bond donors (Lipinski definition) is 3. The van der Waals surface area contributed by atoms with Crippen LogP contribution in [0.25, 0.3) is 0 Å². The van der Waals surface area contributed by atoms with E-state index < -0.39 is 22.1 Å². The van der Waals surface area contributed by atoms with Gasteiger partial charge in [-0.25, -0.2) is 8.42 Å². The van der Waals surface area contributed by atoms with Gasteiger partial charge in [0, 0.05) is 10.7 Å². The minimum Gasteiger partial charge on any atom is -0.360 e. The molecule has 1 atom stereocenters. The molecule has 0 radical (unpaired) electrons. The van der Waals surface area contributed by atoms with Crippen LogP contribution in [0.4, 0.5) is 11.4 Å². The van der Waals surface area contributed by atoms with Gasteiger partial charge in [0.2, 0.25) is 10.0 Å². The van der Waals surface area contributed by atoms with Crippen molar-refractivity contribution < 1.29 is 13.2 Å². The van der Waals surface area contributed by atoms with Crippen LogP contribution in [0, 0.1) is 13.8 Å². The molecule has 0 fully saturated rings. The first-order valence-electron chi connectivity index (χ1n) is 7.23. The van der Waals surface area contributed by atoms with Crippen molar-refractivity contribution in [3.05, 3.63) is 52.5 Å². The minimum absolute atomic E-state index is 0.0192. The van der Waals surface area contributed by atoms with E-state index in [2.05, 4.69) is 15.4 Å². The van der Waals surface area contributed by atoms with Gasteiger partial charge < -0.3 is 10.6 Å². The summed E-state index contributed by atoms with van der Waals surface area (Å²) in [6.07, 6.45) is -1.11. The van der Waals surface area contributed by atoms with Crippen LogP contribution in [-0.2, 0) is 14.8 Å². The van der Waals surface area contributed by atoms with Crippen molar-refractivity contribution in [3.8, 4) is 0 Å². The van der Waals surface area contributed by atoms with Gasteiger partial charge in [-0.3, -0.25) is 4.79 Å². The molecule has 1 amide bonds. The van der Waals surface area contributed by atoms with Gasteiger partial charge in [0.25, 0.3) is 5.91 Å². The predicted octanol–water partition coefficient (Wildman–Crippen LogP) is 2.63. The van der Waals surface area contributed by atoms with Crippen molar-refractivity contribution in [1.82, 2.24) is 4.72 Å². The summed E-state index contributed by atoms with van der Waals surface area (Å²) in [6, 6.07) is 10.1. The molecule has 126 valence electrons. The van der Waals surface area contributed by atoms with E-state index in [4.69, 9.17) is 11.6 Å². The van der Waals surface area contributed by atoms with Gasteiger partial charge in [-0.1, -0.05) is 23.7 Å². The molecule has 0 saturated heterocycles. The fourth-order valence-corrected chi connectivity index (χ4v) is 3.97. The van der Waals surface area contributed by atoms with Gasteiger partial charge in [0.1, 0.15) is 4.90 Å². The van der Waals surface area contributed by atoms with Gasteiger partial charge in [0.05, 0.1) is 5.69 Å². The first-order chi connectivity index (χ1) is 11.3. The average molecular weight is 366 g/mol. The predicted molar refractivity (Wildman–Crippen MR) is 93.7 cm³/mol. The summed E-state index contributed by atoms with van der Waals surface area (Å²) in [5.41, 5.74) is 2.86. The number of halogens is 1. The zero-order valence-corrected chi connectivity index (χ0v) is 14.6. The van der Waals surface area contributed by atoms with E-state index in [0.29, 0.717) is 16.4 Å². The Bertz CT molecular complexity index is 928. The monoisotopic (exact) mass is 365 g/mol. The lowest BCUT2D eigenvalue weighted by Gasteiger charge is -2.27. The zero-order chi connectivity index (χ0) is 17.5. The number of carbonyl (C=O) groups excluding carboxylic acids is 1. The molecule has 2 aromatic carbocycles.